The topological polar surface area (TPSA) is 106 Å². The molecule has 0 radical (unpaired) electrons. The molecule has 1 heterocycles. The number of amides is 3. The molecule has 3 amide bonds. The summed E-state index contributed by atoms with van der Waals surface area (Å²) in [4.78, 5) is 43.5. The first-order chi connectivity index (χ1) is 20.5. The van der Waals surface area contributed by atoms with Crippen LogP contribution >= 0.6 is 0 Å². The lowest BCUT2D eigenvalue weighted by Crippen LogP contribution is -2.53. The van der Waals surface area contributed by atoms with Crippen molar-refractivity contribution in [2.24, 2.45) is 5.92 Å². The summed E-state index contributed by atoms with van der Waals surface area (Å²) in [5.41, 5.74) is 5.40. The van der Waals surface area contributed by atoms with Gasteiger partial charge in [0.15, 0.2) is 0 Å². The Morgan fingerprint density at radius 2 is 1.77 bits per heavy atom. The summed E-state index contributed by atoms with van der Waals surface area (Å²) in [6.45, 7) is 7.09. The van der Waals surface area contributed by atoms with Crippen molar-refractivity contribution in [3.8, 4) is 0 Å². The standard InChI is InChI=1S/C33H47N5O5/c1-23-19-30(14-11-27(23)22-37-16-17-38(32(40)41)24(2)21-37)36(5)31(39)26-9-12-28(13-10-26)34-29-8-6-7-25(20-29)15-18-43-33(42)35(3)4/h6-8,11,14,19-20,24,26,28,34H,9-10,12-13,15-18,21-22H2,1-5H3,(H,40,41)/t24-,26?,28?/m0/s1. The van der Waals surface area contributed by atoms with Crippen molar-refractivity contribution in [3.05, 3.63) is 59.2 Å². The smallest absolute Gasteiger partial charge is 0.409 e. The van der Waals surface area contributed by atoms with E-state index in [9.17, 15) is 19.5 Å². The van der Waals surface area contributed by atoms with Gasteiger partial charge < -0.3 is 29.9 Å². The summed E-state index contributed by atoms with van der Waals surface area (Å²) in [5, 5.41) is 13.0. The zero-order valence-corrected chi connectivity index (χ0v) is 26.2. The summed E-state index contributed by atoms with van der Waals surface area (Å²) in [7, 11) is 5.21. The van der Waals surface area contributed by atoms with E-state index in [-0.39, 0.29) is 24.0 Å². The molecule has 1 saturated heterocycles. The quantitative estimate of drug-likeness (QED) is 0.419. The molecule has 234 valence electrons. The van der Waals surface area contributed by atoms with Gasteiger partial charge >= 0.3 is 12.2 Å². The van der Waals surface area contributed by atoms with E-state index in [1.165, 1.54) is 15.4 Å². The fourth-order valence-electron chi connectivity index (χ4n) is 6.09. The molecule has 1 aliphatic heterocycles. The molecule has 10 nitrogen and oxygen atoms in total. The average molecular weight is 594 g/mol. The van der Waals surface area contributed by atoms with Crippen LogP contribution in [0.3, 0.4) is 0 Å². The van der Waals surface area contributed by atoms with Gasteiger partial charge in [0.1, 0.15) is 0 Å². The van der Waals surface area contributed by atoms with E-state index < -0.39 is 6.09 Å². The van der Waals surface area contributed by atoms with E-state index >= 15 is 0 Å². The van der Waals surface area contributed by atoms with Crippen LogP contribution in [-0.4, -0.2) is 97.4 Å². The van der Waals surface area contributed by atoms with Gasteiger partial charge in [0, 0.05) is 83.1 Å². The van der Waals surface area contributed by atoms with Crippen molar-refractivity contribution in [3.63, 3.8) is 0 Å². The van der Waals surface area contributed by atoms with Crippen molar-refractivity contribution in [2.45, 2.75) is 64.6 Å². The van der Waals surface area contributed by atoms with Crippen molar-refractivity contribution in [1.29, 1.82) is 0 Å². The number of rotatable bonds is 9. The number of hydrogen-bond donors (Lipinski definition) is 2. The lowest BCUT2D eigenvalue weighted by atomic mass is 9.85. The highest BCUT2D eigenvalue weighted by atomic mass is 16.6. The van der Waals surface area contributed by atoms with Gasteiger partial charge in [-0.05, 0) is 80.5 Å². The molecule has 2 N–H and O–H groups in total. The molecule has 43 heavy (non-hydrogen) atoms. The van der Waals surface area contributed by atoms with Gasteiger partial charge in [-0.15, -0.1) is 0 Å². The highest BCUT2D eigenvalue weighted by Crippen LogP contribution is 2.30. The Balaban J connectivity index is 1.24. The highest BCUT2D eigenvalue weighted by Gasteiger charge is 2.30. The maximum atomic E-state index is 13.4. The number of nitrogens with one attached hydrogen (secondary N) is 1. The average Bonchev–Trinajstić information content (AvgIpc) is 2.98. The highest BCUT2D eigenvalue weighted by molar-refractivity contribution is 5.94. The molecule has 0 unspecified atom stereocenters. The number of ether oxygens (including phenoxy) is 1. The molecule has 0 spiro atoms. The number of anilines is 2. The van der Waals surface area contributed by atoms with E-state index in [4.69, 9.17) is 4.74 Å². The van der Waals surface area contributed by atoms with E-state index in [0.717, 1.165) is 54.7 Å². The van der Waals surface area contributed by atoms with E-state index in [1.54, 1.807) is 19.0 Å². The number of hydrogen-bond acceptors (Lipinski definition) is 6. The molecular formula is C33H47N5O5. The number of benzene rings is 2. The van der Waals surface area contributed by atoms with Crippen LogP contribution < -0.4 is 10.2 Å². The first-order valence-corrected chi connectivity index (χ1v) is 15.3. The predicted octanol–water partition coefficient (Wildman–Crippen LogP) is 5.05. The minimum atomic E-state index is -0.853. The summed E-state index contributed by atoms with van der Waals surface area (Å²) < 4.78 is 5.25. The SMILES string of the molecule is Cc1cc(N(C)C(=O)C2CCC(Nc3cccc(CCOC(=O)N(C)C)c3)CC2)ccc1CN1CCN(C(=O)O)[C@@H](C)C1. The molecule has 0 aromatic heterocycles. The molecule has 1 saturated carbocycles. The summed E-state index contributed by atoms with van der Waals surface area (Å²) in [6, 6.07) is 14.7. The van der Waals surface area contributed by atoms with Gasteiger partial charge in [0.2, 0.25) is 5.91 Å². The van der Waals surface area contributed by atoms with Crippen LogP contribution in [0.4, 0.5) is 21.0 Å². The maximum absolute atomic E-state index is 13.4. The summed E-state index contributed by atoms with van der Waals surface area (Å²) in [5.74, 6) is 0.172. The number of aryl methyl sites for hydroxylation is 1. The number of piperazine rings is 1. The van der Waals surface area contributed by atoms with Gasteiger partial charge in [0.05, 0.1) is 6.61 Å². The Kier molecular flexibility index (Phi) is 10.9. The van der Waals surface area contributed by atoms with Crippen LogP contribution in [-0.2, 0) is 22.5 Å². The Bertz CT molecular complexity index is 1280. The Morgan fingerprint density at radius 1 is 1.02 bits per heavy atom. The Hall–Kier alpha value is -3.79. The first kappa shape index (κ1) is 32.1. The van der Waals surface area contributed by atoms with Gasteiger partial charge in [-0.2, -0.15) is 0 Å². The maximum Gasteiger partial charge on any atom is 0.409 e. The lowest BCUT2D eigenvalue weighted by Gasteiger charge is -2.38. The third kappa shape index (κ3) is 8.63. The van der Waals surface area contributed by atoms with E-state index in [2.05, 4.69) is 41.4 Å². The van der Waals surface area contributed by atoms with Crippen molar-refractivity contribution < 1.29 is 24.2 Å². The normalized spacial score (nSPS) is 20.8. The fraction of sp³-hybridized carbons (Fsp3) is 0.545. The van der Waals surface area contributed by atoms with Gasteiger partial charge in [-0.3, -0.25) is 9.69 Å². The molecule has 2 aliphatic rings. The second-order valence-corrected chi connectivity index (χ2v) is 12.2. The Morgan fingerprint density at radius 3 is 2.42 bits per heavy atom. The number of nitrogens with zero attached hydrogens (tertiary/aromatic N) is 4. The number of carboxylic acid groups (broad SMARTS) is 1. The van der Waals surface area contributed by atoms with Crippen molar-refractivity contribution in [2.75, 3.05) is 57.6 Å². The molecule has 1 aliphatic carbocycles. The third-order valence-corrected chi connectivity index (χ3v) is 8.75. The van der Waals surface area contributed by atoms with Gasteiger partial charge in [-0.25, -0.2) is 9.59 Å². The predicted molar refractivity (Wildman–Crippen MR) is 169 cm³/mol. The monoisotopic (exact) mass is 593 g/mol. The zero-order chi connectivity index (χ0) is 31.1. The van der Waals surface area contributed by atoms with Gasteiger partial charge in [0.25, 0.3) is 0 Å². The van der Waals surface area contributed by atoms with Crippen molar-refractivity contribution >= 4 is 29.5 Å². The Labute approximate surface area is 255 Å². The summed E-state index contributed by atoms with van der Waals surface area (Å²) in [6.07, 6.45) is 3.02. The number of carbonyl (C=O) groups excluding carboxylic acids is 2. The van der Waals surface area contributed by atoms with Crippen LogP contribution in [0.1, 0.15) is 49.3 Å². The molecule has 10 heteroatoms. The van der Waals surface area contributed by atoms with Crippen LogP contribution in [0.5, 0.6) is 0 Å². The second-order valence-electron chi connectivity index (χ2n) is 12.2. The second kappa shape index (κ2) is 14.6. The van der Waals surface area contributed by atoms with Crippen LogP contribution in [0, 0.1) is 12.8 Å². The molecule has 0 bridgehead atoms. The molecule has 2 aromatic carbocycles. The third-order valence-electron chi connectivity index (χ3n) is 8.75. The lowest BCUT2D eigenvalue weighted by molar-refractivity contribution is -0.123. The van der Waals surface area contributed by atoms with Crippen molar-refractivity contribution in [1.82, 2.24) is 14.7 Å². The molecular weight excluding hydrogens is 546 g/mol. The molecule has 4 rings (SSSR count). The van der Waals surface area contributed by atoms with E-state index in [1.807, 2.05) is 32.2 Å². The minimum absolute atomic E-state index is 0.00719. The summed E-state index contributed by atoms with van der Waals surface area (Å²) >= 11 is 0. The fourth-order valence-corrected chi connectivity index (χ4v) is 6.09. The largest absolute Gasteiger partial charge is 0.465 e. The van der Waals surface area contributed by atoms with E-state index in [0.29, 0.717) is 38.7 Å². The molecule has 2 fully saturated rings. The molecule has 1 atom stereocenters. The first-order valence-electron chi connectivity index (χ1n) is 15.3. The zero-order valence-electron chi connectivity index (χ0n) is 26.2. The van der Waals surface area contributed by atoms with Gasteiger partial charge in [-0.1, -0.05) is 18.2 Å². The van der Waals surface area contributed by atoms with Crippen LogP contribution in [0.25, 0.3) is 0 Å². The minimum Gasteiger partial charge on any atom is -0.465 e. The number of carbonyl (C=O) groups is 3. The van der Waals surface area contributed by atoms with Crippen LogP contribution in [0.15, 0.2) is 42.5 Å². The van der Waals surface area contributed by atoms with Crippen LogP contribution in [0.2, 0.25) is 0 Å². The molecule has 2 aromatic rings.